The van der Waals surface area contributed by atoms with Gasteiger partial charge in [-0.25, -0.2) is 9.37 Å². The summed E-state index contributed by atoms with van der Waals surface area (Å²) in [6.07, 6.45) is 3.41. The molecule has 3 aromatic rings. The van der Waals surface area contributed by atoms with E-state index in [1.165, 1.54) is 17.4 Å². The molecule has 0 amide bonds. The maximum Gasteiger partial charge on any atom is 0.188 e. The van der Waals surface area contributed by atoms with Crippen molar-refractivity contribution in [3.63, 3.8) is 0 Å². The minimum Gasteiger partial charge on any atom is -0.329 e. The summed E-state index contributed by atoms with van der Waals surface area (Å²) < 4.78 is 14.5. The molecule has 0 unspecified atom stereocenters. The lowest BCUT2D eigenvalue weighted by Gasteiger charge is -2.02. The first-order chi connectivity index (χ1) is 8.33. The molecule has 0 bridgehead atoms. The molecule has 0 radical (unpaired) electrons. The molecule has 0 saturated carbocycles. The highest BCUT2D eigenvalue weighted by Crippen LogP contribution is 2.28. The number of aromatic nitrogens is 2. The van der Waals surface area contributed by atoms with E-state index in [9.17, 15) is 4.39 Å². The number of benzene rings is 1. The second-order valence-electron chi connectivity index (χ2n) is 3.47. The smallest absolute Gasteiger partial charge is 0.188 e. The standard InChI is InChI=1S/C12H8FN3S/c13-8-3-1-2-4-9(8)15-12-16-10-7-14-6-5-11(10)17-12/h1-7H,(H,15,16). The molecule has 0 aliphatic carbocycles. The number of thiazole rings is 1. The highest BCUT2D eigenvalue weighted by molar-refractivity contribution is 7.22. The Morgan fingerprint density at radius 1 is 1.18 bits per heavy atom. The lowest BCUT2D eigenvalue weighted by atomic mass is 10.3. The summed E-state index contributed by atoms with van der Waals surface area (Å²) in [5.41, 5.74) is 1.25. The van der Waals surface area contributed by atoms with E-state index >= 15 is 0 Å². The van der Waals surface area contributed by atoms with Gasteiger partial charge in [0.15, 0.2) is 5.13 Å². The molecule has 0 spiro atoms. The summed E-state index contributed by atoms with van der Waals surface area (Å²) in [6, 6.07) is 8.42. The predicted octanol–water partition coefficient (Wildman–Crippen LogP) is 3.57. The van der Waals surface area contributed by atoms with Gasteiger partial charge in [-0.2, -0.15) is 0 Å². The maximum atomic E-state index is 13.4. The molecule has 84 valence electrons. The Bertz CT molecular complexity index is 632. The van der Waals surface area contributed by atoms with Gasteiger partial charge in [0.05, 0.1) is 16.6 Å². The summed E-state index contributed by atoms with van der Waals surface area (Å²) in [7, 11) is 0. The first-order valence-corrected chi connectivity index (χ1v) is 5.87. The lowest BCUT2D eigenvalue weighted by molar-refractivity contribution is 0.632. The fourth-order valence-electron chi connectivity index (χ4n) is 1.51. The van der Waals surface area contributed by atoms with Crippen molar-refractivity contribution in [1.82, 2.24) is 9.97 Å². The average Bonchev–Trinajstić information content (AvgIpc) is 2.74. The van der Waals surface area contributed by atoms with Crippen LogP contribution in [0.15, 0.2) is 42.7 Å². The molecule has 0 saturated heterocycles. The molecular weight excluding hydrogens is 237 g/mol. The first kappa shape index (κ1) is 10.2. The molecule has 3 nitrogen and oxygen atoms in total. The van der Waals surface area contributed by atoms with E-state index < -0.39 is 0 Å². The first-order valence-electron chi connectivity index (χ1n) is 5.05. The van der Waals surface area contributed by atoms with Crippen molar-refractivity contribution in [3.05, 3.63) is 48.5 Å². The summed E-state index contributed by atoms with van der Waals surface area (Å²) in [5.74, 6) is -0.287. The van der Waals surface area contributed by atoms with Gasteiger partial charge in [0, 0.05) is 6.20 Å². The van der Waals surface area contributed by atoms with Gasteiger partial charge in [0.25, 0.3) is 0 Å². The van der Waals surface area contributed by atoms with Crippen LogP contribution < -0.4 is 5.32 Å². The van der Waals surface area contributed by atoms with Crippen LogP contribution in [-0.4, -0.2) is 9.97 Å². The normalized spacial score (nSPS) is 10.6. The van der Waals surface area contributed by atoms with E-state index in [0.717, 1.165) is 10.2 Å². The third-order valence-electron chi connectivity index (χ3n) is 2.31. The number of hydrogen-bond acceptors (Lipinski definition) is 4. The highest BCUT2D eigenvalue weighted by atomic mass is 32.1. The predicted molar refractivity (Wildman–Crippen MR) is 67.1 cm³/mol. The van der Waals surface area contributed by atoms with Crippen molar-refractivity contribution in [1.29, 1.82) is 0 Å². The van der Waals surface area contributed by atoms with Crippen LogP contribution in [0.3, 0.4) is 0 Å². The van der Waals surface area contributed by atoms with Crippen molar-refractivity contribution in [3.8, 4) is 0 Å². The Kier molecular flexibility index (Phi) is 2.45. The lowest BCUT2D eigenvalue weighted by Crippen LogP contribution is -1.91. The number of hydrogen-bond donors (Lipinski definition) is 1. The van der Waals surface area contributed by atoms with Crippen LogP contribution in [0.4, 0.5) is 15.2 Å². The van der Waals surface area contributed by atoms with E-state index in [0.29, 0.717) is 10.8 Å². The van der Waals surface area contributed by atoms with Gasteiger partial charge in [0.2, 0.25) is 0 Å². The minimum absolute atomic E-state index is 0.287. The van der Waals surface area contributed by atoms with Crippen LogP contribution in [0, 0.1) is 5.82 Å². The number of nitrogens with one attached hydrogen (secondary N) is 1. The van der Waals surface area contributed by atoms with Crippen LogP contribution in [0.2, 0.25) is 0 Å². The van der Waals surface area contributed by atoms with Gasteiger partial charge >= 0.3 is 0 Å². The second kappa shape index (κ2) is 4.10. The van der Waals surface area contributed by atoms with Crippen LogP contribution in [-0.2, 0) is 0 Å². The zero-order valence-corrected chi connectivity index (χ0v) is 9.54. The van der Waals surface area contributed by atoms with Gasteiger partial charge in [-0.05, 0) is 18.2 Å². The Morgan fingerprint density at radius 3 is 2.88 bits per heavy atom. The Hall–Kier alpha value is -2.01. The molecule has 1 N–H and O–H groups in total. The van der Waals surface area contributed by atoms with E-state index in [2.05, 4.69) is 15.3 Å². The third-order valence-corrected chi connectivity index (χ3v) is 3.26. The van der Waals surface area contributed by atoms with E-state index in [1.807, 2.05) is 6.07 Å². The Morgan fingerprint density at radius 2 is 2.06 bits per heavy atom. The van der Waals surface area contributed by atoms with Gasteiger partial charge in [-0.3, -0.25) is 4.98 Å². The number of nitrogens with zero attached hydrogens (tertiary/aromatic N) is 2. The van der Waals surface area contributed by atoms with Gasteiger partial charge in [-0.1, -0.05) is 23.5 Å². The summed E-state index contributed by atoms with van der Waals surface area (Å²) in [6.45, 7) is 0. The Labute approximate surface area is 101 Å². The van der Waals surface area contributed by atoms with Crippen molar-refractivity contribution >= 4 is 32.4 Å². The molecule has 1 aromatic carbocycles. The number of anilines is 2. The fraction of sp³-hybridized carbons (Fsp3) is 0. The van der Waals surface area contributed by atoms with Crippen molar-refractivity contribution < 1.29 is 4.39 Å². The van der Waals surface area contributed by atoms with Crippen molar-refractivity contribution in [2.45, 2.75) is 0 Å². The molecule has 0 fully saturated rings. The molecule has 5 heteroatoms. The molecule has 0 atom stereocenters. The van der Waals surface area contributed by atoms with Crippen molar-refractivity contribution in [2.24, 2.45) is 0 Å². The molecule has 2 heterocycles. The number of para-hydroxylation sites is 1. The second-order valence-corrected chi connectivity index (χ2v) is 4.50. The number of fused-ring (bicyclic) bond motifs is 1. The van der Waals surface area contributed by atoms with Crippen LogP contribution in [0.25, 0.3) is 10.2 Å². The van der Waals surface area contributed by atoms with Gasteiger partial charge < -0.3 is 5.32 Å². The van der Waals surface area contributed by atoms with Crippen molar-refractivity contribution in [2.75, 3.05) is 5.32 Å². The average molecular weight is 245 g/mol. The van der Waals surface area contributed by atoms with Gasteiger partial charge in [-0.15, -0.1) is 0 Å². The number of halogens is 1. The molecular formula is C12H8FN3S. The van der Waals surface area contributed by atoms with E-state index in [4.69, 9.17) is 0 Å². The molecule has 17 heavy (non-hydrogen) atoms. The van der Waals surface area contributed by atoms with Crippen LogP contribution in [0.5, 0.6) is 0 Å². The molecule has 0 aliphatic heterocycles. The minimum atomic E-state index is -0.287. The molecule has 2 aromatic heterocycles. The summed E-state index contributed by atoms with van der Waals surface area (Å²) in [5, 5.41) is 3.63. The SMILES string of the molecule is Fc1ccccc1Nc1nc2cnccc2s1. The van der Waals surface area contributed by atoms with Crippen LogP contribution >= 0.6 is 11.3 Å². The monoisotopic (exact) mass is 245 g/mol. The van der Waals surface area contributed by atoms with E-state index in [-0.39, 0.29) is 5.82 Å². The topological polar surface area (TPSA) is 37.8 Å². The van der Waals surface area contributed by atoms with Crippen LogP contribution in [0.1, 0.15) is 0 Å². The summed E-state index contributed by atoms with van der Waals surface area (Å²) >= 11 is 1.47. The zero-order valence-electron chi connectivity index (χ0n) is 8.72. The highest BCUT2D eigenvalue weighted by Gasteiger charge is 2.05. The molecule has 3 rings (SSSR count). The van der Waals surface area contributed by atoms with E-state index in [1.54, 1.807) is 30.6 Å². The third kappa shape index (κ3) is 1.97. The molecule has 0 aliphatic rings. The number of pyridine rings is 1. The number of rotatable bonds is 2. The Balaban J connectivity index is 1.98. The fourth-order valence-corrected chi connectivity index (χ4v) is 2.36. The maximum absolute atomic E-state index is 13.4. The zero-order chi connectivity index (χ0) is 11.7. The largest absolute Gasteiger partial charge is 0.329 e. The van der Waals surface area contributed by atoms with Gasteiger partial charge in [0.1, 0.15) is 11.3 Å². The summed E-state index contributed by atoms with van der Waals surface area (Å²) in [4.78, 5) is 8.32. The quantitative estimate of drug-likeness (QED) is 0.750.